The molecule has 1 unspecified atom stereocenters. The minimum Gasteiger partial charge on any atom is -0.389 e. The lowest BCUT2D eigenvalue weighted by atomic mass is 10.2. The number of anilines is 1. The topological polar surface area (TPSA) is 41.5 Å². The largest absolute Gasteiger partial charge is 0.389 e. The standard InChI is InChI=1S/C14H21Cl2NO2/c1-9(2)7-19-8-11(18)6-17-14-5-12(15)10(3)4-13(14)16/h4-5,9,11,17-18H,6-8H2,1-3H3. The van der Waals surface area contributed by atoms with Crippen molar-refractivity contribution in [2.45, 2.75) is 26.9 Å². The molecule has 19 heavy (non-hydrogen) atoms. The lowest BCUT2D eigenvalue weighted by molar-refractivity contribution is 0.0318. The Bertz CT molecular complexity index is 411. The summed E-state index contributed by atoms with van der Waals surface area (Å²) in [5.74, 6) is 0.463. The SMILES string of the molecule is Cc1cc(Cl)c(NCC(O)COCC(C)C)cc1Cl. The van der Waals surface area contributed by atoms with Crippen molar-refractivity contribution in [2.75, 3.05) is 25.1 Å². The predicted molar refractivity (Wildman–Crippen MR) is 81.4 cm³/mol. The number of aryl methyl sites for hydroxylation is 1. The van der Waals surface area contributed by atoms with Crippen molar-refractivity contribution in [1.82, 2.24) is 0 Å². The molecule has 0 aliphatic heterocycles. The first kappa shape index (κ1) is 16.6. The molecule has 0 bridgehead atoms. The van der Waals surface area contributed by atoms with E-state index in [-0.39, 0.29) is 0 Å². The summed E-state index contributed by atoms with van der Waals surface area (Å²) in [7, 11) is 0. The van der Waals surface area contributed by atoms with Crippen molar-refractivity contribution in [3.63, 3.8) is 0 Å². The zero-order valence-corrected chi connectivity index (χ0v) is 13.1. The molecule has 0 aromatic heterocycles. The maximum Gasteiger partial charge on any atom is 0.0945 e. The van der Waals surface area contributed by atoms with Crippen LogP contribution < -0.4 is 5.32 Å². The Hall–Kier alpha value is -0.480. The molecule has 0 saturated heterocycles. The summed E-state index contributed by atoms with van der Waals surface area (Å²) in [5, 5.41) is 14.1. The third-order valence-corrected chi connectivity index (χ3v) is 3.26. The van der Waals surface area contributed by atoms with Crippen molar-refractivity contribution in [1.29, 1.82) is 0 Å². The van der Waals surface area contributed by atoms with Crippen LogP contribution in [0.2, 0.25) is 10.0 Å². The van der Waals surface area contributed by atoms with Crippen LogP contribution in [-0.4, -0.2) is 31.0 Å². The van der Waals surface area contributed by atoms with E-state index in [9.17, 15) is 5.11 Å². The van der Waals surface area contributed by atoms with Gasteiger partial charge in [0, 0.05) is 18.2 Å². The van der Waals surface area contributed by atoms with Gasteiger partial charge in [0.05, 0.1) is 23.4 Å². The van der Waals surface area contributed by atoms with Gasteiger partial charge < -0.3 is 15.2 Å². The Morgan fingerprint density at radius 3 is 2.53 bits per heavy atom. The Morgan fingerprint density at radius 2 is 1.89 bits per heavy atom. The number of benzene rings is 1. The Kier molecular flexibility index (Phi) is 6.94. The molecular formula is C14H21Cl2NO2. The van der Waals surface area contributed by atoms with Gasteiger partial charge in [0.15, 0.2) is 0 Å². The molecule has 3 nitrogen and oxygen atoms in total. The zero-order valence-electron chi connectivity index (χ0n) is 11.5. The first-order chi connectivity index (χ1) is 8.90. The van der Waals surface area contributed by atoms with Crippen LogP contribution in [0.25, 0.3) is 0 Å². The fourth-order valence-corrected chi connectivity index (χ4v) is 1.96. The Balaban J connectivity index is 2.42. The number of ether oxygens (including phenoxy) is 1. The van der Waals surface area contributed by atoms with Crippen LogP contribution in [-0.2, 0) is 4.74 Å². The third-order valence-electron chi connectivity index (χ3n) is 2.54. The molecule has 0 radical (unpaired) electrons. The molecule has 108 valence electrons. The normalized spacial score (nSPS) is 12.8. The van der Waals surface area contributed by atoms with Crippen molar-refractivity contribution < 1.29 is 9.84 Å². The molecule has 1 aromatic carbocycles. The highest BCUT2D eigenvalue weighted by molar-refractivity contribution is 6.35. The van der Waals surface area contributed by atoms with E-state index in [4.69, 9.17) is 27.9 Å². The van der Waals surface area contributed by atoms with E-state index in [1.165, 1.54) is 0 Å². The third kappa shape index (κ3) is 6.00. The summed E-state index contributed by atoms with van der Waals surface area (Å²) in [6.07, 6.45) is -0.574. The van der Waals surface area contributed by atoms with E-state index in [2.05, 4.69) is 19.2 Å². The fraction of sp³-hybridized carbons (Fsp3) is 0.571. The molecule has 0 amide bonds. The average molecular weight is 306 g/mol. The van der Waals surface area contributed by atoms with E-state index < -0.39 is 6.10 Å². The monoisotopic (exact) mass is 305 g/mol. The first-order valence-corrected chi connectivity index (χ1v) is 7.11. The van der Waals surface area contributed by atoms with Crippen LogP contribution in [0, 0.1) is 12.8 Å². The van der Waals surface area contributed by atoms with Gasteiger partial charge in [0.25, 0.3) is 0 Å². The molecule has 1 aromatic rings. The maximum absolute atomic E-state index is 9.77. The molecule has 0 fully saturated rings. The molecule has 2 N–H and O–H groups in total. The van der Waals surface area contributed by atoms with Crippen molar-refractivity contribution in [2.24, 2.45) is 5.92 Å². The first-order valence-electron chi connectivity index (χ1n) is 6.35. The minimum absolute atomic E-state index is 0.308. The van der Waals surface area contributed by atoms with Crippen molar-refractivity contribution >= 4 is 28.9 Å². The van der Waals surface area contributed by atoms with Crippen molar-refractivity contribution in [3.8, 4) is 0 Å². The number of halogens is 2. The average Bonchev–Trinajstić information content (AvgIpc) is 2.31. The van der Waals surface area contributed by atoms with Crippen LogP contribution in [0.3, 0.4) is 0 Å². The van der Waals surface area contributed by atoms with E-state index >= 15 is 0 Å². The second-order valence-electron chi connectivity index (χ2n) is 5.05. The van der Waals surface area contributed by atoms with Gasteiger partial charge in [-0.3, -0.25) is 0 Å². The zero-order chi connectivity index (χ0) is 14.4. The second kappa shape index (κ2) is 7.95. The molecular weight excluding hydrogens is 285 g/mol. The number of hydrogen-bond donors (Lipinski definition) is 2. The summed E-state index contributed by atoms with van der Waals surface area (Å²) in [6, 6.07) is 3.56. The van der Waals surface area contributed by atoms with Crippen LogP contribution in [0.15, 0.2) is 12.1 Å². The summed E-state index contributed by atoms with van der Waals surface area (Å²) in [4.78, 5) is 0. The van der Waals surface area contributed by atoms with Crippen LogP contribution in [0.4, 0.5) is 5.69 Å². The molecule has 0 saturated carbocycles. The smallest absolute Gasteiger partial charge is 0.0945 e. The van der Waals surface area contributed by atoms with Gasteiger partial charge >= 0.3 is 0 Å². The number of nitrogens with one attached hydrogen (secondary N) is 1. The van der Waals surface area contributed by atoms with Gasteiger partial charge in [-0.25, -0.2) is 0 Å². The van der Waals surface area contributed by atoms with Crippen LogP contribution >= 0.6 is 23.2 Å². The molecule has 0 spiro atoms. The molecule has 5 heteroatoms. The summed E-state index contributed by atoms with van der Waals surface area (Å²) < 4.78 is 5.37. The van der Waals surface area contributed by atoms with E-state index in [1.807, 2.05) is 6.92 Å². The number of aliphatic hydroxyl groups excluding tert-OH is 1. The second-order valence-corrected chi connectivity index (χ2v) is 5.86. The summed E-state index contributed by atoms with van der Waals surface area (Å²) in [5.41, 5.74) is 1.65. The van der Waals surface area contributed by atoms with Gasteiger partial charge in [-0.05, 0) is 30.5 Å². The summed E-state index contributed by atoms with van der Waals surface area (Å²) in [6.45, 7) is 7.36. The maximum atomic E-state index is 9.77. The molecule has 1 atom stereocenters. The Labute approximate surface area is 124 Å². The molecule has 1 rings (SSSR count). The van der Waals surface area contributed by atoms with Crippen LogP contribution in [0.1, 0.15) is 19.4 Å². The van der Waals surface area contributed by atoms with Gasteiger partial charge in [0.2, 0.25) is 0 Å². The van der Waals surface area contributed by atoms with Gasteiger partial charge in [0.1, 0.15) is 0 Å². The minimum atomic E-state index is -0.574. The molecule has 0 aliphatic rings. The Morgan fingerprint density at radius 1 is 1.21 bits per heavy atom. The van der Waals surface area contributed by atoms with Crippen molar-refractivity contribution in [3.05, 3.63) is 27.7 Å². The molecule has 0 aliphatic carbocycles. The van der Waals surface area contributed by atoms with Gasteiger partial charge in [-0.1, -0.05) is 37.0 Å². The highest BCUT2D eigenvalue weighted by Crippen LogP contribution is 2.28. The quantitative estimate of drug-likeness (QED) is 0.806. The number of aliphatic hydroxyl groups is 1. The molecule has 0 heterocycles. The summed E-state index contributed by atoms with van der Waals surface area (Å²) >= 11 is 12.1. The van der Waals surface area contributed by atoms with E-state index in [1.54, 1.807) is 12.1 Å². The fourth-order valence-electron chi connectivity index (χ4n) is 1.51. The predicted octanol–water partition coefficient (Wildman–Crippen LogP) is 3.75. The number of hydrogen-bond acceptors (Lipinski definition) is 3. The highest BCUT2D eigenvalue weighted by atomic mass is 35.5. The highest BCUT2D eigenvalue weighted by Gasteiger charge is 2.08. The van der Waals surface area contributed by atoms with E-state index in [0.717, 1.165) is 11.3 Å². The number of rotatable bonds is 7. The lowest BCUT2D eigenvalue weighted by Crippen LogP contribution is -2.25. The van der Waals surface area contributed by atoms with Gasteiger partial charge in [-0.2, -0.15) is 0 Å². The van der Waals surface area contributed by atoms with Gasteiger partial charge in [-0.15, -0.1) is 0 Å². The lowest BCUT2D eigenvalue weighted by Gasteiger charge is -2.15. The van der Waals surface area contributed by atoms with Crippen LogP contribution in [0.5, 0.6) is 0 Å². The van der Waals surface area contributed by atoms with E-state index in [0.29, 0.717) is 35.7 Å².